The lowest BCUT2D eigenvalue weighted by molar-refractivity contribution is -0.136. The first-order valence-electron chi connectivity index (χ1n) is 12.3. The molecule has 0 aliphatic carbocycles. The SMILES string of the molecule is CCCCc1cc(=O)oc2cc(OC(=O)C(Cc3ccccc3)NS(=O)(=O)c3ccc(C)cc3)c(Cl)cc12. The zero-order chi connectivity index (χ0) is 27.3. The zero-order valence-electron chi connectivity index (χ0n) is 21.1. The van der Waals surface area contributed by atoms with E-state index in [2.05, 4.69) is 11.6 Å². The van der Waals surface area contributed by atoms with Gasteiger partial charge in [-0.05, 0) is 55.5 Å². The molecule has 1 N–H and O–H groups in total. The molecule has 0 amide bonds. The highest BCUT2D eigenvalue weighted by Gasteiger charge is 2.28. The number of nitrogens with one attached hydrogen (secondary N) is 1. The van der Waals surface area contributed by atoms with Crippen LogP contribution in [0.3, 0.4) is 0 Å². The van der Waals surface area contributed by atoms with Gasteiger partial charge in [-0.1, -0.05) is 73.0 Å². The Morgan fingerprint density at radius 3 is 2.45 bits per heavy atom. The molecule has 1 atom stereocenters. The minimum Gasteiger partial charge on any atom is -0.424 e. The van der Waals surface area contributed by atoms with Gasteiger partial charge in [0.25, 0.3) is 0 Å². The maximum Gasteiger partial charge on any atom is 0.336 e. The fraction of sp³-hybridized carbons (Fsp3) is 0.241. The first-order chi connectivity index (χ1) is 18.2. The lowest BCUT2D eigenvalue weighted by Gasteiger charge is -2.19. The monoisotopic (exact) mass is 553 g/mol. The van der Waals surface area contributed by atoms with Gasteiger partial charge in [0.2, 0.25) is 10.0 Å². The Kier molecular flexibility index (Phi) is 8.66. The standard InChI is InChI=1S/C29H28ClNO6S/c1-3-4-10-21-16-28(32)36-26-18-27(24(30)17-23(21)26)37-29(33)25(15-20-8-6-5-7-9-20)31-38(34,35)22-13-11-19(2)12-14-22/h5-9,11-14,16-18,25,31H,3-4,10,15H2,1-2H3. The molecule has 0 bridgehead atoms. The van der Waals surface area contributed by atoms with E-state index in [0.29, 0.717) is 11.8 Å². The highest BCUT2D eigenvalue weighted by atomic mass is 35.5. The molecule has 9 heteroatoms. The van der Waals surface area contributed by atoms with Crippen molar-refractivity contribution in [1.82, 2.24) is 4.72 Å². The third-order valence-corrected chi connectivity index (χ3v) is 7.87. The number of esters is 1. The van der Waals surface area contributed by atoms with E-state index < -0.39 is 27.7 Å². The van der Waals surface area contributed by atoms with Crippen molar-refractivity contribution < 1.29 is 22.4 Å². The summed E-state index contributed by atoms with van der Waals surface area (Å²) in [5.41, 5.74) is 2.15. The third-order valence-electron chi connectivity index (χ3n) is 6.09. The van der Waals surface area contributed by atoms with Crippen molar-refractivity contribution in [3.05, 3.63) is 105 Å². The number of aryl methyl sites for hydroxylation is 2. The molecule has 1 unspecified atom stereocenters. The molecule has 0 fully saturated rings. The van der Waals surface area contributed by atoms with Gasteiger partial charge < -0.3 is 9.15 Å². The van der Waals surface area contributed by atoms with Crippen LogP contribution >= 0.6 is 11.6 Å². The van der Waals surface area contributed by atoms with Crippen molar-refractivity contribution in [3.63, 3.8) is 0 Å². The van der Waals surface area contributed by atoms with Crippen LogP contribution in [0.5, 0.6) is 5.75 Å². The summed E-state index contributed by atoms with van der Waals surface area (Å²) < 4.78 is 39.6. The Morgan fingerprint density at radius 1 is 1.05 bits per heavy atom. The first-order valence-corrected chi connectivity index (χ1v) is 14.1. The maximum absolute atomic E-state index is 13.3. The summed E-state index contributed by atoms with van der Waals surface area (Å²) in [7, 11) is -4.04. The van der Waals surface area contributed by atoms with E-state index in [1.807, 2.05) is 13.0 Å². The van der Waals surface area contributed by atoms with Crippen LogP contribution in [-0.2, 0) is 27.7 Å². The Bertz CT molecular complexity index is 1600. The molecule has 0 radical (unpaired) electrons. The Hall–Kier alpha value is -3.46. The van der Waals surface area contributed by atoms with E-state index in [4.69, 9.17) is 20.8 Å². The summed E-state index contributed by atoms with van der Waals surface area (Å²) in [4.78, 5) is 25.5. The fourth-order valence-electron chi connectivity index (χ4n) is 4.06. The summed E-state index contributed by atoms with van der Waals surface area (Å²) in [6.07, 6.45) is 2.56. The largest absolute Gasteiger partial charge is 0.424 e. The first kappa shape index (κ1) is 27.6. The second kappa shape index (κ2) is 11.9. The number of benzene rings is 3. The topological polar surface area (TPSA) is 103 Å². The van der Waals surface area contributed by atoms with E-state index in [1.165, 1.54) is 24.3 Å². The van der Waals surface area contributed by atoms with Gasteiger partial charge >= 0.3 is 11.6 Å². The van der Waals surface area contributed by atoms with E-state index in [1.54, 1.807) is 42.5 Å². The van der Waals surface area contributed by atoms with Gasteiger partial charge in [-0.15, -0.1) is 0 Å². The van der Waals surface area contributed by atoms with Gasteiger partial charge in [0, 0.05) is 17.5 Å². The van der Waals surface area contributed by atoms with E-state index >= 15 is 0 Å². The van der Waals surface area contributed by atoms with Crippen molar-refractivity contribution in [2.75, 3.05) is 0 Å². The van der Waals surface area contributed by atoms with Gasteiger partial charge in [-0.2, -0.15) is 4.72 Å². The normalized spacial score (nSPS) is 12.4. The maximum atomic E-state index is 13.3. The van der Waals surface area contributed by atoms with Crippen molar-refractivity contribution in [2.24, 2.45) is 0 Å². The molecule has 0 saturated heterocycles. The number of sulfonamides is 1. The summed E-state index contributed by atoms with van der Waals surface area (Å²) in [6, 6.07) is 18.5. The second-order valence-electron chi connectivity index (χ2n) is 9.07. The zero-order valence-corrected chi connectivity index (χ0v) is 22.6. The molecule has 4 aromatic rings. The van der Waals surface area contributed by atoms with Gasteiger partial charge in [0.1, 0.15) is 11.6 Å². The highest BCUT2D eigenvalue weighted by Crippen LogP contribution is 2.32. The van der Waals surface area contributed by atoms with E-state index in [9.17, 15) is 18.0 Å². The van der Waals surface area contributed by atoms with Crippen LogP contribution in [-0.4, -0.2) is 20.4 Å². The smallest absolute Gasteiger partial charge is 0.336 e. The minimum absolute atomic E-state index is 0.0269. The van der Waals surface area contributed by atoms with Crippen LogP contribution < -0.4 is 15.1 Å². The van der Waals surface area contributed by atoms with Crippen LogP contribution in [0.4, 0.5) is 0 Å². The van der Waals surface area contributed by atoms with Gasteiger partial charge in [0.05, 0.1) is 9.92 Å². The summed E-state index contributed by atoms with van der Waals surface area (Å²) in [6.45, 7) is 3.90. The molecule has 0 aliphatic heterocycles. The van der Waals surface area contributed by atoms with Crippen LogP contribution in [0.25, 0.3) is 11.0 Å². The van der Waals surface area contributed by atoms with Crippen molar-refractivity contribution >= 4 is 38.6 Å². The number of halogens is 1. The van der Waals surface area contributed by atoms with Crippen LogP contribution in [0, 0.1) is 6.92 Å². The number of ether oxygens (including phenoxy) is 1. The van der Waals surface area contributed by atoms with Crippen LogP contribution in [0.1, 0.15) is 36.5 Å². The Balaban J connectivity index is 1.66. The third kappa shape index (κ3) is 6.69. The summed E-state index contributed by atoms with van der Waals surface area (Å²) in [5.74, 6) is -0.886. The van der Waals surface area contributed by atoms with Crippen molar-refractivity contribution in [2.45, 2.75) is 50.5 Å². The molecule has 0 aliphatic rings. The highest BCUT2D eigenvalue weighted by molar-refractivity contribution is 7.89. The lowest BCUT2D eigenvalue weighted by Crippen LogP contribution is -2.44. The molecule has 1 aromatic heterocycles. The average molecular weight is 554 g/mol. The molecule has 0 saturated carbocycles. The number of fused-ring (bicyclic) bond motifs is 1. The molecule has 4 rings (SSSR count). The molecule has 38 heavy (non-hydrogen) atoms. The van der Waals surface area contributed by atoms with Gasteiger partial charge in [-0.3, -0.25) is 0 Å². The summed E-state index contributed by atoms with van der Waals surface area (Å²) in [5, 5.41) is 0.793. The van der Waals surface area contributed by atoms with E-state index in [0.717, 1.165) is 29.5 Å². The molecule has 198 valence electrons. The predicted molar refractivity (Wildman–Crippen MR) is 147 cm³/mol. The molecule has 0 spiro atoms. The van der Waals surface area contributed by atoms with Crippen molar-refractivity contribution in [1.29, 1.82) is 0 Å². The number of carbonyl (C=O) groups is 1. The predicted octanol–water partition coefficient (Wildman–Crippen LogP) is 5.59. The summed E-state index contributed by atoms with van der Waals surface area (Å²) >= 11 is 6.47. The molecule has 7 nitrogen and oxygen atoms in total. The van der Waals surface area contributed by atoms with Crippen molar-refractivity contribution in [3.8, 4) is 5.75 Å². The minimum atomic E-state index is -4.04. The number of rotatable bonds is 10. The van der Waals surface area contributed by atoms with Crippen LogP contribution in [0.2, 0.25) is 5.02 Å². The average Bonchev–Trinajstić information content (AvgIpc) is 2.88. The number of hydrogen-bond acceptors (Lipinski definition) is 6. The molecular formula is C29H28ClNO6S. The number of carbonyl (C=O) groups excluding carboxylic acids is 1. The van der Waals surface area contributed by atoms with E-state index in [-0.39, 0.29) is 27.7 Å². The Morgan fingerprint density at radius 2 is 1.76 bits per heavy atom. The quantitative estimate of drug-likeness (QED) is 0.156. The number of hydrogen-bond donors (Lipinski definition) is 1. The molecular weight excluding hydrogens is 526 g/mol. The Labute approximate surface area is 226 Å². The van der Waals surface area contributed by atoms with Crippen LogP contribution in [0.15, 0.2) is 86.9 Å². The second-order valence-corrected chi connectivity index (χ2v) is 11.2. The fourth-order valence-corrected chi connectivity index (χ4v) is 5.44. The molecule has 3 aromatic carbocycles. The lowest BCUT2D eigenvalue weighted by atomic mass is 10.0. The van der Waals surface area contributed by atoms with Gasteiger partial charge in [0.15, 0.2) is 5.75 Å². The van der Waals surface area contributed by atoms with Gasteiger partial charge in [-0.25, -0.2) is 18.0 Å². The molecule has 1 heterocycles. The number of unbranched alkanes of at least 4 members (excludes halogenated alkanes) is 1.